The highest BCUT2D eigenvalue weighted by Gasteiger charge is 1.83. The van der Waals surface area contributed by atoms with Crippen molar-refractivity contribution in [1.29, 1.82) is 0 Å². The van der Waals surface area contributed by atoms with Crippen molar-refractivity contribution in [2.45, 2.75) is 6.42 Å². The minimum atomic E-state index is 0.688. The van der Waals surface area contributed by atoms with Crippen molar-refractivity contribution in [2.24, 2.45) is 11.6 Å². The Balaban J connectivity index is 3.53. The summed E-state index contributed by atoms with van der Waals surface area (Å²) in [7, 11) is 0. The Hall–Kier alpha value is -0.960. The zero-order chi connectivity index (χ0) is 6.41. The predicted molar refractivity (Wildman–Crippen MR) is 34.4 cm³/mol. The van der Waals surface area contributed by atoms with Gasteiger partial charge in [0.2, 0.25) is 0 Å². The van der Waals surface area contributed by atoms with Gasteiger partial charge in [-0.05, 0) is 0 Å². The first-order valence-corrected chi connectivity index (χ1v) is 2.33. The molecule has 0 aromatic heterocycles. The van der Waals surface area contributed by atoms with Crippen molar-refractivity contribution in [3.63, 3.8) is 0 Å². The Morgan fingerprint density at radius 2 is 2.38 bits per heavy atom. The topological polar surface area (TPSA) is 64.1 Å². The van der Waals surface area contributed by atoms with Gasteiger partial charge in [0.15, 0.2) is 0 Å². The van der Waals surface area contributed by atoms with E-state index in [1.54, 1.807) is 6.08 Å². The van der Waals surface area contributed by atoms with Crippen LogP contribution in [0.1, 0.15) is 6.42 Å². The molecule has 0 aromatic rings. The van der Waals surface area contributed by atoms with Crippen molar-refractivity contribution < 1.29 is 0 Å². The van der Waals surface area contributed by atoms with Gasteiger partial charge in [0, 0.05) is 18.3 Å². The van der Waals surface area contributed by atoms with Crippen LogP contribution in [0.5, 0.6) is 0 Å². The predicted octanol–water partition coefficient (Wildman–Crippen LogP) is -0.174. The molecule has 0 amide bonds. The molecule has 3 nitrogen and oxygen atoms in total. The van der Waals surface area contributed by atoms with Crippen molar-refractivity contribution in [1.82, 2.24) is 5.43 Å². The summed E-state index contributed by atoms with van der Waals surface area (Å²) in [6.45, 7) is 3.50. The van der Waals surface area contributed by atoms with Gasteiger partial charge >= 0.3 is 0 Å². The maximum absolute atomic E-state index is 5.12. The first-order valence-electron chi connectivity index (χ1n) is 2.33. The quantitative estimate of drug-likeness (QED) is 0.270. The molecule has 0 spiro atoms. The van der Waals surface area contributed by atoms with E-state index in [1.807, 2.05) is 0 Å². The van der Waals surface area contributed by atoms with Crippen LogP contribution >= 0.6 is 0 Å². The molecule has 0 heterocycles. The Bertz CT molecular complexity index is 95.8. The zero-order valence-electron chi connectivity index (χ0n) is 4.72. The zero-order valence-corrected chi connectivity index (χ0v) is 4.72. The molecule has 0 saturated carbocycles. The van der Waals surface area contributed by atoms with Crippen LogP contribution in [0.2, 0.25) is 0 Å². The number of hydrogen-bond donors (Lipinski definition) is 3. The van der Waals surface area contributed by atoms with Gasteiger partial charge in [-0.25, -0.2) is 0 Å². The number of hydrazine groups is 1. The number of allylic oxidation sites excluding steroid dienone is 1. The Morgan fingerprint density at radius 3 is 2.50 bits per heavy atom. The molecule has 0 aromatic carbocycles. The van der Waals surface area contributed by atoms with Crippen molar-refractivity contribution in [3.8, 4) is 0 Å². The lowest BCUT2D eigenvalue weighted by molar-refractivity contribution is 0.847. The van der Waals surface area contributed by atoms with Crippen LogP contribution in [0.25, 0.3) is 0 Å². The third-order valence-electron chi connectivity index (χ3n) is 0.751. The summed E-state index contributed by atoms with van der Waals surface area (Å²) < 4.78 is 0. The van der Waals surface area contributed by atoms with Crippen LogP contribution in [-0.2, 0) is 0 Å². The molecule has 0 bridgehead atoms. The van der Waals surface area contributed by atoms with Gasteiger partial charge in [0.05, 0.1) is 0 Å². The molecule has 0 saturated heterocycles. The summed E-state index contributed by atoms with van der Waals surface area (Å²) in [5.41, 5.74) is 8.31. The fourth-order valence-corrected chi connectivity index (χ4v) is 0.331. The van der Waals surface area contributed by atoms with Crippen LogP contribution in [0.15, 0.2) is 24.6 Å². The normalized spacial score (nSPS) is 10.9. The fraction of sp³-hybridized carbons (Fsp3) is 0.200. The monoisotopic (exact) mass is 113 g/mol. The molecule has 0 aliphatic rings. The standard InChI is InChI=1S/C5H11N3/c1-2-3-5(4-6)8-7/h2,4,8H,1,3,6-7H2/b5-4-. The molecule has 46 valence electrons. The minimum absolute atomic E-state index is 0.688. The smallest absolute Gasteiger partial charge is 0.0451 e. The highest BCUT2D eigenvalue weighted by Crippen LogP contribution is 1.90. The second-order valence-electron chi connectivity index (χ2n) is 1.33. The average molecular weight is 113 g/mol. The third-order valence-corrected chi connectivity index (χ3v) is 0.751. The molecule has 0 atom stereocenters. The SMILES string of the molecule is C=CC/C(=C/N)NN. The summed E-state index contributed by atoms with van der Waals surface area (Å²) in [5.74, 6) is 5.02. The molecule has 0 aliphatic carbocycles. The van der Waals surface area contributed by atoms with Gasteiger partial charge in [-0.2, -0.15) is 0 Å². The third kappa shape index (κ3) is 2.25. The van der Waals surface area contributed by atoms with Crippen LogP contribution in [0, 0.1) is 0 Å². The summed E-state index contributed by atoms with van der Waals surface area (Å²) in [5, 5.41) is 0. The van der Waals surface area contributed by atoms with Crippen molar-refractivity contribution >= 4 is 0 Å². The second kappa shape index (κ2) is 4.21. The molecule has 3 heteroatoms. The lowest BCUT2D eigenvalue weighted by Crippen LogP contribution is -2.21. The fourth-order valence-electron chi connectivity index (χ4n) is 0.331. The van der Waals surface area contributed by atoms with Gasteiger partial charge in [0.25, 0.3) is 0 Å². The van der Waals surface area contributed by atoms with E-state index in [2.05, 4.69) is 12.0 Å². The Labute approximate surface area is 49.0 Å². The van der Waals surface area contributed by atoms with Crippen molar-refractivity contribution in [2.75, 3.05) is 0 Å². The van der Waals surface area contributed by atoms with E-state index in [0.717, 1.165) is 5.70 Å². The van der Waals surface area contributed by atoms with E-state index in [-0.39, 0.29) is 0 Å². The van der Waals surface area contributed by atoms with E-state index in [4.69, 9.17) is 11.6 Å². The van der Waals surface area contributed by atoms with Crippen LogP contribution in [0.3, 0.4) is 0 Å². The lowest BCUT2D eigenvalue weighted by Gasteiger charge is -1.98. The Morgan fingerprint density at radius 1 is 1.75 bits per heavy atom. The molecule has 5 N–H and O–H groups in total. The molecule has 8 heavy (non-hydrogen) atoms. The van der Waals surface area contributed by atoms with Gasteiger partial charge in [-0.15, -0.1) is 6.58 Å². The summed E-state index contributed by atoms with van der Waals surface area (Å²) in [6.07, 6.45) is 3.83. The molecule has 0 unspecified atom stereocenters. The number of nitrogens with one attached hydrogen (secondary N) is 1. The maximum Gasteiger partial charge on any atom is 0.0451 e. The first kappa shape index (κ1) is 7.04. The van der Waals surface area contributed by atoms with E-state index in [0.29, 0.717) is 6.42 Å². The van der Waals surface area contributed by atoms with Crippen LogP contribution in [0.4, 0.5) is 0 Å². The number of nitrogens with two attached hydrogens (primary N) is 2. The molecule has 0 rings (SSSR count). The molecule has 0 aliphatic heterocycles. The van der Waals surface area contributed by atoms with Gasteiger partial charge in [-0.1, -0.05) is 6.08 Å². The van der Waals surface area contributed by atoms with Crippen LogP contribution < -0.4 is 17.0 Å². The van der Waals surface area contributed by atoms with E-state index >= 15 is 0 Å². The van der Waals surface area contributed by atoms with Gasteiger partial charge < -0.3 is 11.2 Å². The largest absolute Gasteiger partial charge is 0.403 e. The van der Waals surface area contributed by atoms with Crippen LogP contribution in [-0.4, -0.2) is 0 Å². The van der Waals surface area contributed by atoms with Gasteiger partial charge in [0.1, 0.15) is 0 Å². The highest BCUT2D eigenvalue weighted by atomic mass is 15.2. The molecular formula is C5H11N3. The molecular weight excluding hydrogens is 102 g/mol. The summed E-state index contributed by atoms with van der Waals surface area (Å²) in [4.78, 5) is 0. The van der Waals surface area contributed by atoms with Crippen molar-refractivity contribution in [3.05, 3.63) is 24.6 Å². The second-order valence-corrected chi connectivity index (χ2v) is 1.33. The van der Waals surface area contributed by atoms with E-state index < -0.39 is 0 Å². The van der Waals surface area contributed by atoms with E-state index in [9.17, 15) is 0 Å². The molecule has 0 fully saturated rings. The summed E-state index contributed by atoms with van der Waals surface area (Å²) in [6, 6.07) is 0. The average Bonchev–Trinajstić information content (AvgIpc) is 1.83. The first-order chi connectivity index (χ1) is 3.85. The molecule has 0 radical (unpaired) electrons. The van der Waals surface area contributed by atoms with E-state index in [1.165, 1.54) is 6.20 Å². The number of rotatable bonds is 3. The Kier molecular flexibility index (Phi) is 3.70. The van der Waals surface area contributed by atoms with Gasteiger partial charge in [-0.3, -0.25) is 5.84 Å². The highest BCUT2D eigenvalue weighted by molar-refractivity contribution is 4.99. The number of hydrogen-bond acceptors (Lipinski definition) is 3. The maximum atomic E-state index is 5.12. The lowest BCUT2D eigenvalue weighted by atomic mass is 10.3. The summed E-state index contributed by atoms with van der Waals surface area (Å²) >= 11 is 0. The minimum Gasteiger partial charge on any atom is -0.403 e.